The summed E-state index contributed by atoms with van der Waals surface area (Å²) in [4.78, 5) is 0. The Morgan fingerprint density at radius 3 is 1.97 bits per heavy atom. The van der Waals surface area contributed by atoms with Gasteiger partial charge in [-0.15, -0.1) is 0 Å². The summed E-state index contributed by atoms with van der Waals surface area (Å²) in [5.74, 6) is 0.937. The smallest absolute Gasteiger partial charge is 0.130 e. The monoisotopic (exact) mass is 458 g/mol. The van der Waals surface area contributed by atoms with Crippen molar-refractivity contribution in [1.82, 2.24) is 0 Å². The van der Waals surface area contributed by atoms with Crippen LogP contribution < -0.4 is 4.74 Å². The van der Waals surface area contributed by atoms with Crippen molar-refractivity contribution in [2.75, 3.05) is 7.11 Å². The van der Waals surface area contributed by atoms with Crippen LogP contribution in [0.4, 0.5) is 0 Å². The van der Waals surface area contributed by atoms with Crippen LogP contribution in [-0.2, 0) is 0 Å². The van der Waals surface area contributed by atoms with Crippen LogP contribution >= 0.6 is 0 Å². The number of methoxy groups -OCH3 is 1. The van der Waals surface area contributed by atoms with Crippen LogP contribution in [0.25, 0.3) is 33.4 Å². The van der Waals surface area contributed by atoms with Crippen LogP contribution in [0.1, 0.15) is 43.4 Å². The fourth-order valence-corrected chi connectivity index (χ4v) is 4.73. The molecule has 0 N–H and O–H groups in total. The molecule has 0 spiro atoms. The summed E-state index contributed by atoms with van der Waals surface area (Å²) in [7, 11) is 1.76. The molecule has 4 aromatic carbocycles. The van der Waals surface area contributed by atoms with Crippen molar-refractivity contribution < 1.29 is 4.74 Å². The Labute approximate surface area is 210 Å². The molecular formula is C34H34O. The third-order valence-electron chi connectivity index (χ3n) is 6.38. The van der Waals surface area contributed by atoms with Gasteiger partial charge in [-0.2, -0.15) is 0 Å². The average molecular weight is 459 g/mol. The van der Waals surface area contributed by atoms with Crippen molar-refractivity contribution in [3.8, 4) is 28.0 Å². The first kappa shape index (κ1) is 24.3. The first-order valence-electron chi connectivity index (χ1n) is 12.5. The van der Waals surface area contributed by atoms with Crippen molar-refractivity contribution in [2.24, 2.45) is 0 Å². The Balaban J connectivity index is 0.00000141. The van der Waals surface area contributed by atoms with Crippen LogP contribution in [0.5, 0.6) is 5.75 Å². The van der Waals surface area contributed by atoms with Gasteiger partial charge in [0, 0.05) is 5.56 Å². The molecule has 0 saturated carbocycles. The molecule has 35 heavy (non-hydrogen) atoms. The van der Waals surface area contributed by atoms with E-state index in [2.05, 4.69) is 116 Å². The number of rotatable bonds is 5. The van der Waals surface area contributed by atoms with Crippen molar-refractivity contribution in [1.29, 1.82) is 0 Å². The molecule has 1 heteroatoms. The standard InChI is InChI=1S/C32H28O.C2H6/c1-23-19-20-30(31(32(23)33-2)25-13-7-4-8-14-25)29-18-10-17-28(22-29)27-16-9-15-26(21-27)24-11-5-3-6-12-24;1-2/h3-8,10-14,16-22H,9,15H2,1-2H3;1-2H3. The SMILES string of the molecule is CC.COc1c(C)ccc(-c2cccc(C3=CCCC(c4ccccc4)=C3)c2)c1-c1ccccc1. The molecule has 0 heterocycles. The van der Waals surface area contributed by atoms with E-state index in [0.717, 1.165) is 29.7 Å². The summed E-state index contributed by atoms with van der Waals surface area (Å²) in [6.07, 6.45) is 6.86. The van der Waals surface area contributed by atoms with Gasteiger partial charge in [0.05, 0.1) is 7.11 Å². The minimum absolute atomic E-state index is 0.937. The zero-order chi connectivity index (χ0) is 24.6. The topological polar surface area (TPSA) is 9.23 Å². The molecule has 5 rings (SSSR count). The highest BCUT2D eigenvalue weighted by Crippen LogP contribution is 2.42. The van der Waals surface area contributed by atoms with Gasteiger partial charge in [-0.25, -0.2) is 0 Å². The zero-order valence-electron chi connectivity index (χ0n) is 21.2. The Kier molecular flexibility index (Phi) is 8.00. The molecule has 1 aliphatic carbocycles. The number of benzene rings is 4. The Hall–Kier alpha value is -3.84. The summed E-state index contributed by atoms with van der Waals surface area (Å²) in [5, 5.41) is 0. The summed E-state index contributed by atoms with van der Waals surface area (Å²) < 4.78 is 5.88. The highest BCUT2D eigenvalue weighted by Gasteiger charge is 2.16. The lowest BCUT2D eigenvalue weighted by molar-refractivity contribution is 0.413. The van der Waals surface area contributed by atoms with E-state index in [4.69, 9.17) is 4.74 Å². The first-order chi connectivity index (χ1) is 17.2. The summed E-state index contributed by atoms with van der Waals surface area (Å²) in [5.41, 5.74) is 11.1. The first-order valence-corrected chi connectivity index (χ1v) is 12.5. The lowest BCUT2D eigenvalue weighted by Gasteiger charge is -2.18. The van der Waals surface area contributed by atoms with E-state index in [0.29, 0.717) is 0 Å². The minimum atomic E-state index is 0.937. The maximum atomic E-state index is 5.88. The molecule has 176 valence electrons. The second-order valence-corrected chi connectivity index (χ2v) is 8.52. The fourth-order valence-electron chi connectivity index (χ4n) is 4.73. The van der Waals surface area contributed by atoms with E-state index >= 15 is 0 Å². The van der Waals surface area contributed by atoms with Gasteiger partial charge in [0.25, 0.3) is 0 Å². The predicted octanol–water partition coefficient (Wildman–Crippen LogP) is 9.62. The highest BCUT2D eigenvalue weighted by molar-refractivity contribution is 5.91. The highest BCUT2D eigenvalue weighted by atomic mass is 16.5. The van der Waals surface area contributed by atoms with Crippen molar-refractivity contribution >= 4 is 11.1 Å². The van der Waals surface area contributed by atoms with Gasteiger partial charge in [0.15, 0.2) is 0 Å². The van der Waals surface area contributed by atoms with E-state index in [-0.39, 0.29) is 0 Å². The molecule has 0 aliphatic heterocycles. The second-order valence-electron chi connectivity index (χ2n) is 8.52. The van der Waals surface area contributed by atoms with Gasteiger partial charge in [-0.05, 0) is 70.4 Å². The molecule has 1 nitrogen and oxygen atoms in total. The van der Waals surface area contributed by atoms with Crippen molar-refractivity contribution in [3.63, 3.8) is 0 Å². The van der Waals surface area contributed by atoms with Gasteiger partial charge in [-0.3, -0.25) is 0 Å². The van der Waals surface area contributed by atoms with Crippen LogP contribution in [0.15, 0.2) is 109 Å². The zero-order valence-corrected chi connectivity index (χ0v) is 21.2. The number of aryl methyl sites for hydroxylation is 1. The molecule has 1 aliphatic rings. The number of ether oxygens (including phenoxy) is 1. The van der Waals surface area contributed by atoms with Gasteiger partial charge < -0.3 is 4.74 Å². The summed E-state index contributed by atoms with van der Waals surface area (Å²) in [6.45, 7) is 6.11. The van der Waals surface area contributed by atoms with Crippen LogP contribution in [-0.4, -0.2) is 7.11 Å². The van der Waals surface area contributed by atoms with E-state index in [1.165, 1.54) is 39.0 Å². The summed E-state index contributed by atoms with van der Waals surface area (Å²) in [6, 6.07) is 34.5. The number of hydrogen-bond acceptors (Lipinski definition) is 1. The molecule has 0 bridgehead atoms. The minimum Gasteiger partial charge on any atom is -0.496 e. The Morgan fingerprint density at radius 2 is 1.29 bits per heavy atom. The van der Waals surface area contributed by atoms with E-state index in [1.54, 1.807) is 7.11 Å². The quantitative estimate of drug-likeness (QED) is 0.289. The fraction of sp³-hybridized carbons (Fsp3) is 0.176. The van der Waals surface area contributed by atoms with Gasteiger partial charge in [0.1, 0.15) is 5.75 Å². The average Bonchev–Trinajstić information content (AvgIpc) is 2.95. The number of allylic oxidation sites excluding steroid dienone is 4. The van der Waals surface area contributed by atoms with Crippen LogP contribution in [0, 0.1) is 6.92 Å². The van der Waals surface area contributed by atoms with Gasteiger partial charge in [-0.1, -0.05) is 117 Å². The normalized spacial score (nSPS) is 12.7. The third kappa shape index (κ3) is 5.30. The lowest BCUT2D eigenvalue weighted by atomic mass is 9.88. The molecule has 0 atom stereocenters. The number of hydrogen-bond donors (Lipinski definition) is 0. The third-order valence-corrected chi connectivity index (χ3v) is 6.38. The summed E-state index contributed by atoms with van der Waals surface area (Å²) >= 11 is 0. The van der Waals surface area contributed by atoms with Crippen molar-refractivity contribution in [2.45, 2.75) is 33.6 Å². The molecule has 0 aromatic heterocycles. The molecule has 0 fully saturated rings. The van der Waals surface area contributed by atoms with E-state index in [9.17, 15) is 0 Å². The van der Waals surface area contributed by atoms with Crippen LogP contribution in [0.2, 0.25) is 0 Å². The Morgan fingerprint density at radius 1 is 0.657 bits per heavy atom. The maximum Gasteiger partial charge on any atom is 0.130 e. The van der Waals surface area contributed by atoms with E-state index in [1.807, 2.05) is 13.8 Å². The van der Waals surface area contributed by atoms with Gasteiger partial charge in [0.2, 0.25) is 0 Å². The molecule has 0 unspecified atom stereocenters. The molecule has 4 aromatic rings. The predicted molar refractivity (Wildman–Crippen MR) is 152 cm³/mol. The van der Waals surface area contributed by atoms with E-state index < -0.39 is 0 Å². The molecule has 0 radical (unpaired) electrons. The van der Waals surface area contributed by atoms with Crippen molar-refractivity contribution in [3.05, 3.63) is 126 Å². The van der Waals surface area contributed by atoms with Crippen LogP contribution in [0.3, 0.4) is 0 Å². The lowest BCUT2D eigenvalue weighted by Crippen LogP contribution is -1.96. The van der Waals surface area contributed by atoms with Gasteiger partial charge >= 0.3 is 0 Å². The second kappa shape index (κ2) is 11.5. The Bertz CT molecular complexity index is 1330. The molecule has 0 amide bonds. The maximum absolute atomic E-state index is 5.88. The molecular weight excluding hydrogens is 424 g/mol. The largest absolute Gasteiger partial charge is 0.496 e. The molecule has 0 saturated heterocycles.